The van der Waals surface area contributed by atoms with Gasteiger partial charge in [0.1, 0.15) is 0 Å². The summed E-state index contributed by atoms with van der Waals surface area (Å²) in [5.41, 5.74) is 6.94. The van der Waals surface area contributed by atoms with Crippen LogP contribution in [0.1, 0.15) is 108 Å². The first kappa shape index (κ1) is 40.1. The van der Waals surface area contributed by atoms with Crippen molar-refractivity contribution in [2.45, 2.75) is 119 Å². The number of allylic oxidation sites excluding steroid dienone is 22. The zero-order valence-corrected chi connectivity index (χ0v) is 29.3. The van der Waals surface area contributed by atoms with Gasteiger partial charge in [0.2, 0.25) is 0 Å². The Morgan fingerprint density at radius 3 is 1.19 bits per heavy atom. The third-order valence-electron chi connectivity index (χ3n) is 7.01. The van der Waals surface area contributed by atoms with Gasteiger partial charge in [-0.2, -0.15) is 0 Å². The van der Waals surface area contributed by atoms with E-state index in [0.717, 1.165) is 38.5 Å². The normalized spacial score (nSPS) is 16.0. The van der Waals surface area contributed by atoms with Crippen LogP contribution in [0.2, 0.25) is 0 Å². The van der Waals surface area contributed by atoms with Crippen molar-refractivity contribution in [3.63, 3.8) is 0 Å². The first-order valence-electron chi connectivity index (χ1n) is 15.8. The van der Waals surface area contributed by atoms with Crippen LogP contribution < -0.4 is 0 Å². The average molecular weight is 587 g/mol. The molecule has 2 nitrogen and oxygen atoms in total. The van der Waals surface area contributed by atoms with E-state index in [1.807, 2.05) is 13.8 Å². The minimum absolute atomic E-state index is 0.0369. The molecule has 0 aromatic heterocycles. The van der Waals surface area contributed by atoms with Gasteiger partial charge in [0.25, 0.3) is 0 Å². The molecule has 238 valence electrons. The van der Waals surface area contributed by atoms with Crippen LogP contribution in [-0.2, 0) is 4.74 Å². The summed E-state index contributed by atoms with van der Waals surface area (Å²) >= 11 is 0. The molecule has 0 aliphatic rings. The second kappa shape index (κ2) is 22.6. The molecule has 1 N–H and O–H groups in total. The van der Waals surface area contributed by atoms with Gasteiger partial charge in [-0.3, -0.25) is 0 Å². The Balaban J connectivity index is 4.68. The van der Waals surface area contributed by atoms with E-state index in [2.05, 4.69) is 153 Å². The summed E-state index contributed by atoms with van der Waals surface area (Å²) in [5, 5.41) is 9.82. The number of hydrogen-bond donors (Lipinski definition) is 1. The Morgan fingerprint density at radius 1 is 0.512 bits per heavy atom. The number of hydrogen-bond acceptors (Lipinski definition) is 2. The first-order valence-corrected chi connectivity index (χ1v) is 15.8. The lowest BCUT2D eigenvalue weighted by Crippen LogP contribution is -2.21. The Bertz CT molecular complexity index is 1140. The van der Waals surface area contributed by atoms with Crippen LogP contribution in [0, 0.1) is 0 Å². The summed E-state index contributed by atoms with van der Waals surface area (Å²) in [7, 11) is 1.79. The number of aliphatic hydroxyl groups is 1. The summed E-state index contributed by atoms with van der Waals surface area (Å²) in [4.78, 5) is 0. The Kier molecular flexibility index (Phi) is 21.0. The lowest BCUT2D eigenvalue weighted by atomic mass is 9.99. The third kappa shape index (κ3) is 26.4. The van der Waals surface area contributed by atoms with Crippen molar-refractivity contribution in [1.29, 1.82) is 0 Å². The lowest BCUT2D eigenvalue weighted by Gasteiger charge is -2.22. The highest BCUT2D eigenvalue weighted by Crippen LogP contribution is 2.19. The van der Waals surface area contributed by atoms with E-state index < -0.39 is 5.60 Å². The predicted octanol–water partition coefficient (Wildman–Crippen LogP) is 12.0. The highest BCUT2D eigenvalue weighted by molar-refractivity contribution is 5.32. The summed E-state index contributed by atoms with van der Waals surface area (Å²) < 4.78 is 5.50. The van der Waals surface area contributed by atoms with E-state index >= 15 is 0 Å². The first-order chi connectivity index (χ1) is 20.1. The Morgan fingerprint density at radius 2 is 0.837 bits per heavy atom. The van der Waals surface area contributed by atoms with Gasteiger partial charge in [0, 0.05) is 7.11 Å². The molecule has 0 aromatic carbocycles. The van der Waals surface area contributed by atoms with Crippen molar-refractivity contribution in [1.82, 2.24) is 0 Å². The maximum atomic E-state index is 9.82. The van der Waals surface area contributed by atoms with Gasteiger partial charge < -0.3 is 9.84 Å². The monoisotopic (exact) mass is 586 g/mol. The second-order valence-electron chi connectivity index (χ2n) is 13.0. The van der Waals surface area contributed by atoms with Crippen molar-refractivity contribution in [2.75, 3.05) is 7.11 Å². The molecular weight excluding hydrogens is 524 g/mol. The summed E-state index contributed by atoms with van der Waals surface area (Å²) in [6.45, 7) is 20.8. The molecule has 0 aliphatic heterocycles. The number of methoxy groups -OCH3 is 1. The van der Waals surface area contributed by atoms with Gasteiger partial charge in [-0.1, -0.05) is 131 Å². The minimum atomic E-state index is -0.577. The van der Waals surface area contributed by atoms with E-state index in [1.54, 1.807) is 7.11 Å². The minimum Gasteiger partial charge on any atom is -0.390 e. The molecule has 0 saturated carbocycles. The molecule has 0 atom stereocenters. The molecule has 2 heteroatoms. The second-order valence-corrected chi connectivity index (χ2v) is 13.0. The number of rotatable bonds is 19. The molecule has 0 radical (unpaired) electrons. The van der Waals surface area contributed by atoms with E-state index in [4.69, 9.17) is 4.74 Å². The van der Waals surface area contributed by atoms with Gasteiger partial charge in [0.05, 0.1) is 11.2 Å². The molecule has 0 fully saturated rings. The van der Waals surface area contributed by atoms with Crippen molar-refractivity contribution in [3.8, 4) is 0 Å². The maximum absolute atomic E-state index is 9.82. The van der Waals surface area contributed by atoms with Gasteiger partial charge in [-0.25, -0.2) is 0 Å². The van der Waals surface area contributed by atoms with Crippen LogP contribution in [-0.4, -0.2) is 23.4 Å². The predicted molar refractivity (Wildman–Crippen MR) is 193 cm³/mol. The van der Waals surface area contributed by atoms with Gasteiger partial charge in [-0.05, 0) is 108 Å². The Labute approximate surface area is 266 Å². The van der Waals surface area contributed by atoms with Crippen LogP contribution in [0.25, 0.3) is 0 Å². The molecule has 0 aliphatic carbocycles. The average Bonchev–Trinajstić information content (AvgIpc) is 2.90. The SMILES string of the molecule is COC(C)(C)CCC/C(C)=C/C=C/C(C)=C/C=C/C(C)=C/C=C/C=C(C)/C=C/C=C(C)/C=C/C=C(\C)CCCC(C)(C)O. The maximum Gasteiger partial charge on any atom is 0.0622 e. The van der Waals surface area contributed by atoms with Gasteiger partial charge in [-0.15, -0.1) is 0 Å². The molecule has 0 unspecified atom stereocenters. The number of ether oxygens (including phenoxy) is 1. The molecule has 0 aromatic rings. The summed E-state index contributed by atoms with van der Waals surface area (Å²) in [6.07, 6.45) is 40.1. The van der Waals surface area contributed by atoms with Crippen molar-refractivity contribution < 1.29 is 9.84 Å². The molecular formula is C41H62O2. The topological polar surface area (TPSA) is 29.5 Å². The molecule has 0 bridgehead atoms. The molecule has 0 heterocycles. The van der Waals surface area contributed by atoms with Crippen LogP contribution in [0.15, 0.2) is 131 Å². The highest BCUT2D eigenvalue weighted by Gasteiger charge is 2.15. The van der Waals surface area contributed by atoms with Gasteiger partial charge in [0.15, 0.2) is 0 Å². The van der Waals surface area contributed by atoms with Crippen LogP contribution in [0.3, 0.4) is 0 Å². The van der Waals surface area contributed by atoms with Crippen LogP contribution >= 0.6 is 0 Å². The van der Waals surface area contributed by atoms with Crippen LogP contribution in [0.5, 0.6) is 0 Å². The van der Waals surface area contributed by atoms with Crippen molar-refractivity contribution in [3.05, 3.63) is 131 Å². The fourth-order valence-electron chi connectivity index (χ4n) is 3.93. The van der Waals surface area contributed by atoms with Crippen LogP contribution in [0.4, 0.5) is 0 Å². The molecule has 0 saturated heterocycles. The highest BCUT2D eigenvalue weighted by atomic mass is 16.5. The fraction of sp³-hybridized carbons (Fsp3) is 0.463. The van der Waals surface area contributed by atoms with E-state index in [1.165, 1.54) is 33.4 Å². The van der Waals surface area contributed by atoms with E-state index in [9.17, 15) is 5.11 Å². The fourth-order valence-corrected chi connectivity index (χ4v) is 3.93. The zero-order valence-electron chi connectivity index (χ0n) is 29.3. The van der Waals surface area contributed by atoms with E-state index in [-0.39, 0.29) is 5.60 Å². The molecule has 0 amide bonds. The quantitative estimate of drug-likeness (QED) is 0.153. The molecule has 0 rings (SSSR count). The zero-order chi connectivity index (χ0) is 32.7. The smallest absolute Gasteiger partial charge is 0.0622 e. The van der Waals surface area contributed by atoms with E-state index in [0.29, 0.717) is 0 Å². The molecule has 0 spiro atoms. The Hall–Kier alpha value is -2.94. The largest absolute Gasteiger partial charge is 0.390 e. The summed E-state index contributed by atoms with van der Waals surface area (Å²) in [5.74, 6) is 0. The van der Waals surface area contributed by atoms with Gasteiger partial charge >= 0.3 is 0 Å². The standard InChI is InChI=1S/C41H62O2/c1-34(22-14-24-36(3)26-16-28-38(5)30-18-32-40(7,8)42)20-12-13-21-35(2)23-15-25-37(4)27-17-29-39(6)31-19-33-41(9,10)43-11/h12-17,20-29,42H,18-19,30-33H2,1-11H3/b13-12+,22-14+,23-15+,26-16+,27-17+,34-20+,35-21+,36-24+,37-25+,38-28+,39-29+. The summed E-state index contributed by atoms with van der Waals surface area (Å²) in [6, 6.07) is 0. The van der Waals surface area contributed by atoms with Crippen molar-refractivity contribution >= 4 is 0 Å². The lowest BCUT2D eigenvalue weighted by molar-refractivity contribution is 0.0140. The third-order valence-corrected chi connectivity index (χ3v) is 7.01. The van der Waals surface area contributed by atoms with Crippen molar-refractivity contribution in [2.24, 2.45) is 0 Å². The molecule has 43 heavy (non-hydrogen) atoms.